The van der Waals surface area contributed by atoms with Crippen molar-refractivity contribution in [3.63, 3.8) is 0 Å². The fourth-order valence-electron chi connectivity index (χ4n) is 5.67. The third-order valence-corrected chi connectivity index (χ3v) is 7.43. The van der Waals surface area contributed by atoms with Crippen molar-refractivity contribution in [2.75, 3.05) is 12.0 Å². The van der Waals surface area contributed by atoms with Crippen LogP contribution in [0.1, 0.15) is 54.6 Å². The molecule has 0 saturated carbocycles. The van der Waals surface area contributed by atoms with Gasteiger partial charge in [-0.25, -0.2) is 0 Å². The van der Waals surface area contributed by atoms with E-state index in [2.05, 4.69) is 20.8 Å². The summed E-state index contributed by atoms with van der Waals surface area (Å²) in [5, 5.41) is 12.7. The molecule has 5 rings (SSSR count). The maximum absolute atomic E-state index is 13.8. The van der Waals surface area contributed by atoms with Crippen LogP contribution in [-0.4, -0.2) is 28.5 Å². The molecule has 3 aromatic carbocycles. The number of hydrogen-bond acceptors (Lipinski definition) is 4. The zero-order valence-corrected chi connectivity index (χ0v) is 23.5. The normalized spacial score (nSPS) is 17.3. The second kappa shape index (κ2) is 9.45. The number of benzene rings is 3. The number of aromatic nitrogens is 1. The number of rotatable bonds is 4. The Bertz CT molecular complexity index is 1650. The molecule has 1 aliphatic heterocycles. The number of methoxy groups -OCH3 is 1. The van der Waals surface area contributed by atoms with E-state index in [0.29, 0.717) is 17.0 Å². The lowest BCUT2D eigenvalue weighted by Crippen LogP contribution is -2.29. The summed E-state index contributed by atoms with van der Waals surface area (Å²) in [7, 11) is 3.55. The lowest BCUT2D eigenvalue weighted by molar-refractivity contribution is -0.132. The minimum absolute atomic E-state index is 0.0699. The predicted molar refractivity (Wildman–Crippen MR) is 155 cm³/mol. The Labute approximate surface area is 229 Å². The van der Waals surface area contributed by atoms with Gasteiger partial charge in [-0.3, -0.25) is 14.5 Å². The minimum atomic E-state index is -0.808. The molecule has 1 aromatic heterocycles. The number of hydrogen-bond donors (Lipinski definition) is 1. The van der Waals surface area contributed by atoms with Gasteiger partial charge in [0.2, 0.25) is 0 Å². The minimum Gasteiger partial charge on any atom is -0.507 e. The Morgan fingerprint density at radius 2 is 1.62 bits per heavy atom. The first kappa shape index (κ1) is 26.3. The first-order chi connectivity index (χ1) is 18.4. The van der Waals surface area contributed by atoms with Gasteiger partial charge in [0.1, 0.15) is 11.5 Å². The Morgan fingerprint density at radius 3 is 2.26 bits per heavy atom. The summed E-state index contributed by atoms with van der Waals surface area (Å²) in [5.74, 6) is -0.881. The molecule has 1 atom stereocenters. The van der Waals surface area contributed by atoms with Crippen molar-refractivity contribution in [3.05, 3.63) is 100 Å². The van der Waals surface area contributed by atoms with Gasteiger partial charge in [0.15, 0.2) is 0 Å². The number of fused-ring (bicyclic) bond motifs is 1. The summed E-state index contributed by atoms with van der Waals surface area (Å²) < 4.78 is 7.56. The molecule has 1 fully saturated rings. The van der Waals surface area contributed by atoms with Crippen LogP contribution in [0.5, 0.6) is 5.75 Å². The van der Waals surface area contributed by atoms with Crippen LogP contribution >= 0.6 is 0 Å². The van der Waals surface area contributed by atoms with Crippen molar-refractivity contribution in [3.8, 4) is 5.75 Å². The van der Waals surface area contributed by atoms with Gasteiger partial charge in [0.05, 0.1) is 18.7 Å². The molecule has 2 heterocycles. The number of aryl methyl sites for hydroxylation is 3. The van der Waals surface area contributed by atoms with Gasteiger partial charge in [0, 0.05) is 46.5 Å². The van der Waals surface area contributed by atoms with Crippen molar-refractivity contribution in [2.45, 2.75) is 46.1 Å². The Kier molecular flexibility index (Phi) is 6.37. The molecule has 1 N–H and O–H groups in total. The highest BCUT2D eigenvalue weighted by Crippen LogP contribution is 2.45. The fraction of sp³-hybridized carbons (Fsp3) is 0.273. The molecule has 4 aromatic rings. The molecule has 39 heavy (non-hydrogen) atoms. The molecule has 1 amide bonds. The SMILES string of the molecule is COc1ccc(/C(O)=C2\C(=O)C(=O)N(c3cc(C)cc(C)c3)C2c2cn(C)c3ccccc23)cc1C(C)(C)C. The monoisotopic (exact) mass is 522 g/mol. The van der Waals surface area contributed by atoms with E-state index in [4.69, 9.17) is 4.74 Å². The standard InChI is InChI=1S/C33H34N2O4/c1-19-14-20(2)16-22(15-19)35-29(24-18-34(6)26-11-9-8-10-23(24)26)28(31(37)32(35)38)30(36)21-12-13-27(39-7)25(17-21)33(3,4)5/h8-18,29,36H,1-7H3/b30-28+. The second-order valence-corrected chi connectivity index (χ2v) is 11.4. The van der Waals surface area contributed by atoms with Gasteiger partial charge in [-0.2, -0.15) is 0 Å². The molecule has 1 unspecified atom stereocenters. The molecule has 0 radical (unpaired) electrons. The van der Waals surface area contributed by atoms with Gasteiger partial charge in [-0.15, -0.1) is 0 Å². The van der Waals surface area contributed by atoms with Gasteiger partial charge >= 0.3 is 0 Å². The van der Waals surface area contributed by atoms with E-state index in [1.165, 1.54) is 4.90 Å². The Balaban J connectivity index is 1.81. The summed E-state index contributed by atoms with van der Waals surface area (Å²) in [6.07, 6.45) is 1.94. The number of amides is 1. The van der Waals surface area contributed by atoms with E-state index in [1.54, 1.807) is 19.2 Å². The van der Waals surface area contributed by atoms with E-state index in [1.807, 2.05) is 80.2 Å². The van der Waals surface area contributed by atoms with Crippen molar-refractivity contribution in [2.24, 2.45) is 7.05 Å². The van der Waals surface area contributed by atoms with Crippen LogP contribution in [0.15, 0.2) is 72.4 Å². The summed E-state index contributed by atoms with van der Waals surface area (Å²) in [6.45, 7) is 10.1. The number of anilines is 1. The first-order valence-corrected chi connectivity index (χ1v) is 13.0. The predicted octanol–water partition coefficient (Wildman–Crippen LogP) is 6.73. The highest BCUT2D eigenvalue weighted by molar-refractivity contribution is 6.52. The highest BCUT2D eigenvalue weighted by Gasteiger charge is 2.48. The number of Topliss-reactive ketones (excluding diaryl/α,β-unsaturated/α-hetero) is 1. The molecular formula is C33H34N2O4. The van der Waals surface area contributed by atoms with Crippen LogP contribution in [0.4, 0.5) is 5.69 Å². The molecule has 6 heteroatoms. The summed E-state index contributed by atoms with van der Waals surface area (Å²) in [4.78, 5) is 29.0. The van der Waals surface area contributed by atoms with Crippen LogP contribution in [0, 0.1) is 13.8 Å². The summed E-state index contributed by atoms with van der Waals surface area (Å²) in [5.41, 5.74) is 5.47. The van der Waals surface area contributed by atoms with Gasteiger partial charge in [-0.1, -0.05) is 45.0 Å². The smallest absolute Gasteiger partial charge is 0.300 e. The molecule has 0 spiro atoms. The second-order valence-electron chi connectivity index (χ2n) is 11.4. The van der Waals surface area contributed by atoms with Crippen molar-refractivity contribution in [1.82, 2.24) is 4.57 Å². The molecule has 0 bridgehead atoms. The number of para-hydroxylation sites is 1. The first-order valence-electron chi connectivity index (χ1n) is 13.0. The Hall–Kier alpha value is -4.32. The summed E-state index contributed by atoms with van der Waals surface area (Å²) in [6, 6.07) is 18.3. The largest absolute Gasteiger partial charge is 0.507 e. The van der Waals surface area contributed by atoms with Crippen molar-refractivity contribution < 1.29 is 19.4 Å². The Morgan fingerprint density at radius 1 is 0.949 bits per heavy atom. The third kappa shape index (κ3) is 4.40. The quantitative estimate of drug-likeness (QED) is 0.183. The number of carbonyl (C=O) groups is 2. The number of ether oxygens (including phenoxy) is 1. The molecule has 6 nitrogen and oxygen atoms in total. The molecule has 0 aliphatic carbocycles. The van der Waals surface area contributed by atoms with Crippen LogP contribution in [0.25, 0.3) is 16.7 Å². The van der Waals surface area contributed by atoms with Crippen molar-refractivity contribution >= 4 is 34.0 Å². The van der Waals surface area contributed by atoms with Crippen LogP contribution in [0.2, 0.25) is 0 Å². The average molecular weight is 523 g/mol. The lowest BCUT2D eigenvalue weighted by atomic mass is 9.84. The number of aliphatic hydroxyl groups is 1. The third-order valence-electron chi connectivity index (χ3n) is 7.43. The number of nitrogens with zero attached hydrogens (tertiary/aromatic N) is 2. The maximum Gasteiger partial charge on any atom is 0.300 e. The van der Waals surface area contributed by atoms with Crippen LogP contribution in [0.3, 0.4) is 0 Å². The van der Waals surface area contributed by atoms with E-state index >= 15 is 0 Å². The zero-order chi connectivity index (χ0) is 28.2. The maximum atomic E-state index is 13.8. The van der Waals surface area contributed by atoms with Crippen LogP contribution in [-0.2, 0) is 22.1 Å². The molecule has 200 valence electrons. The van der Waals surface area contributed by atoms with Crippen molar-refractivity contribution in [1.29, 1.82) is 0 Å². The highest BCUT2D eigenvalue weighted by atomic mass is 16.5. The zero-order valence-electron chi connectivity index (χ0n) is 23.5. The topological polar surface area (TPSA) is 71.8 Å². The number of ketones is 1. The van der Waals surface area contributed by atoms with Gasteiger partial charge in [-0.05, 0) is 66.8 Å². The average Bonchev–Trinajstić information content (AvgIpc) is 3.35. The van der Waals surface area contributed by atoms with E-state index in [0.717, 1.165) is 33.2 Å². The number of carbonyl (C=O) groups excluding carboxylic acids is 2. The van der Waals surface area contributed by atoms with E-state index in [9.17, 15) is 14.7 Å². The number of aliphatic hydroxyl groups excluding tert-OH is 1. The molecule has 1 aliphatic rings. The van der Waals surface area contributed by atoms with E-state index in [-0.39, 0.29) is 16.7 Å². The van der Waals surface area contributed by atoms with E-state index < -0.39 is 17.7 Å². The molecule has 1 saturated heterocycles. The van der Waals surface area contributed by atoms with Crippen LogP contribution < -0.4 is 9.64 Å². The fourth-order valence-corrected chi connectivity index (χ4v) is 5.67. The van der Waals surface area contributed by atoms with Gasteiger partial charge < -0.3 is 14.4 Å². The molecular weight excluding hydrogens is 488 g/mol. The van der Waals surface area contributed by atoms with Gasteiger partial charge in [0.25, 0.3) is 11.7 Å². The lowest BCUT2D eigenvalue weighted by Gasteiger charge is -2.26. The summed E-state index contributed by atoms with van der Waals surface area (Å²) >= 11 is 0.